The summed E-state index contributed by atoms with van der Waals surface area (Å²) in [5.41, 5.74) is 2.62. The normalized spacial score (nSPS) is 21.3. The van der Waals surface area contributed by atoms with Crippen molar-refractivity contribution in [3.05, 3.63) is 35.4 Å². The maximum atomic E-state index is 12.8. The number of benzene rings is 1. The summed E-state index contributed by atoms with van der Waals surface area (Å²) in [5, 5.41) is 15.9. The summed E-state index contributed by atoms with van der Waals surface area (Å²) >= 11 is 1.46. The number of carbonyl (C=O) groups excluding carboxylic acids is 1. The number of hydrogen-bond donors (Lipinski definition) is 1. The summed E-state index contributed by atoms with van der Waals surface area (Å²) in [5.74, 6) is 0.0534. The quantitative estimate of drug-likeness (QED) is 0.815. The minimum atomic E-state index is -0.227. The second-order valence-corrected chi connectivity index (χ2v) is 8.56. The van der Waals surface area contributed by atoms with Gasteiger partial charge in [0.25, 0.3) is 0 Å². The molecule has 1 N–H and O–H groups in total. The van der Waals surface area contributed by atoms with Gasteiger partial charge in [0.1, 0.15) is 0 Å². The van der Waals surface area contributed by atoms with Crippen LogP contribution < -0.4 is 5.32 Å². The molecule has 1 fully saturated rings. The van der Waals surface area contributed by atoms with Gasteiger partial charge in [-0.1, -0.05) is 48.9 Å². The molecular weight excluding hydrogens is 346 g/mol. The maximum absolute atomic E-state index is 12.8. The van der Waals surface area contributed by atoms with Crippen LogP contribution in [0.25, 0.3) is 0 Å². The minimum absolute atomic E-state index is 0.0534. The Morgan fingerprint density at radius 1 is 1.23 bits per heavy atom. The van der Waals surface area contributed by atoms with Gasteiger partial charge in [0.2, 0.25) is 11.1 Å². The fraction of sp³-hybridized carbons (Fsp3) is 0.579. The summed E-state index contributed by atoms with van der Waals surface area (Å²) in [7, 11) is 0. The Labute approximate surface area is 158 Å². The zero-order chi connectivity index (χ0) is 17.9. The SMILES string of the molecule is C[C@H](Sc1nnnn1C1CCCC1)C(=O)N[C@@H]1CCCc2ccccc21. The van der Waals surface area contributed by atoms with Crippen molar-refractivity contribution in [3.8, 4) is 0 Å². The molecule has 7 heteroatoms. The van der Waals surface area contributed by atoms with Crippen molar-refractivity contribution in [2.24, 2.45) is 0 Å². The number of rotatable bonds is 5. The molecule has 1 heterocycles. The lowest BCUT2D eigenvalue weighted by atomic mass is 9.88. The standard InChI is InChI=1S/C19H25N5OS/c1-13(26-19-21-22-23-24(19)15-9-3-4-10-15)18(25)20-17-12-6-8-14-7-2-5-11-16(14)17/h2,5,7,11,13,15,17H,3-4,6,8-10,12H2,1H3,(H,20,25)/t13-,17+/m0/s1. The average Bonchev–Trinajstić information content (AvgIpc) is 3.33. The van der Waals surface area contributed by atoms with Crippen LogP contribution in [-0.4, -0.2) is 31.4 Å². The Bertz CT molecular complexity index is 771. The van der Waals surface area contributed by atoms with Crippen molar-refractivity contribution >= 4 is 17.7 Å². The molecule has 2 aliphatic carbocycles. The third kappa shape index (κ3) is 3.63. The van der Waals surface area contributed by atoms with Crippen LogP contribution in [0.4, 0.5) is 0 Å². The Kier molecular flexibility index (Phi) is 5.24. The Morgan fingerprint density at radius 3 is 2.88 bits per heavy atom. The van der Waals surface area contributed by atoms with Crippen LogP contribution in [0.3, 0.4) is 0 Å². The topological polar surface area (TPSA) is 72.7 Å². The van der Waals surface area contributed by atoms with E-state index >= 15 is 0 Å². The molecular formula is C19H25N5OS. The number of hydrogen-bond acceptors (Lipinski definition) is 5. The fourth-order valence-electron chi connectivity index (χ4n) is 4.05. The summed E-state index contributed by atoms with van der Waals surface area (Å²) in [6.07, 6.45) is 7.92. The molecule has 0 radical (unpaired) electrons. The highest BCUT2D eigenvalue weighted by atomic mass is 32.2. The molecule has 1 saturated carbocycles. The molecule has 0 aliphatic heterocycles. The van der Waals surface area contributed by atoms with Crippen LogP contribution >= 0.6 is 11.8 Å². The first-order valence-corrected chi connectivity index (χ1v) is 10.4. The molecule has 4 rings (SSSR count). The number of amides is 1. The molecule has 6 nitrogen and oxygen atoms in total. The number of aromatic nitrogens is 4. The molecule has 1 amide bonds. The van der Waals surface area contributed by atoms with Gasteiger partial charge in [-0.15, -0.1) is 5.10 Å². The third-order valence-electron chi connectivity index (χ3n) is 5.47. The molecule has 2 atom stereocenters. The Morgan fingerprint density at radius 2 is 2.04 bits per heavy atom. The van der Waals surface area contributed by atoms with Gasteiger partial charge >= 0.3 is 0 Å². The molecule has 1 aromatic carbocycles. The van der Waals surface area contributed by atoms with Crippen LogP contribution in [0, 0.1) is 0 Å². The monoisotopic (exact) mass is 371 g/mol. The van der Waals surface area contributed by atoms with Crippen molar-refractivity contribution in [2.45, 2.75) is 74.4 Å². The van der Waals surface area contributed by atoms with Gasteiger partial charge in [-0.3, -0.25) is 4.79 Å². The highest BCUT2D eigenvalue weighted by Crippen LogP contribution is 2.33. The first-order valence-electron chi connectivity index (χ1n) is 9.55. The largest absolute Gasteiger partial charge is 0.348 e. The van der Waals surface area contributed by atoms with E-state index in [-0.39, 0.29) is 17.2 Å². The van der Waals surface area contributed by atoms with Crippen LogP contribution in [0.2, 0.25) is 0 Å². The zero-order valence-corrected chi connectivity index (χ0v) is 15.9. The van der Waals surface area contributed by atoms with Gasteiger partial charge in [0, 0.05) is 0 Å². The molecule has 0 saturated heterocycles. The lowest BCUT2D eigenvalue weighted by Crippen LogP contribution is -2.36. The molecule has 0 bridgehead atoms. The van der Waals surface area contributed by atoms with Crippen molar-refractivity contribution in [1.29, 1.82) is 0 Å². The number of nitrogens with zero attached hydrogens (tertiary/aromatic N) is 4. The van der Waals surface area contributed by atoms with Gasteiger partial charge in [-0.05, 0) is 60.6 Å². The van der Waals surface area contributed by atoms with E-state index in [1.807, 2.05) is 11.6 Å². The highest BCUT2D eigenvalue weighted by molar-refractivity contribution is 8.00. The summed E-state index contributed by atoms with van der Waals surface area (Å²) in [4.78, 5) is 12.8. The number of nitrogens with one attached hydrogen (secondary N) is 1. The van der Waals surface area contributed by atoms with Gasteiger partial charge in [-0.25, -0.2) is 4.68 Å². The average molecular weight is 372 g/mol. The number of thioether (sulfide) groups is 1. The van der Waals surface area contributed by atoms with E-state index in [0.29, 0.717) is 6.04 Å². The summed E-state index contributed by atoms with van der Waals surface area (Å²) in [6.45, 7) is 1.93. The number of carbonyl (C=O) groups is 1. The molecule has 26 heavy (non-hydrogen) atoms. The summed E-state index contributed by atoms with van der Waals surface area (Å²) in [6, 6.07) is 8.93. The lowest BCUT2D eigenvalue weighted by Gasteiger charge is -2.27. The van der Waals surface area contributed by atoms with Crippen LogP contribution in [0.5, 0.6) is 0 Å². The second kappa shape index (κ2) is 7.78. The van der Waals surface area contributed by atoms with E-state index in [2.05, 4.69) is 45.1 Å². The van der Waals surface area contributed by atoms with Gasteiger partial charge < -0.3 is 5.32 Å². The van der Waals surface area contributed by atoms with Crippen LogP contribution in [-0.2, 0) is 11.2 Å². The van der Waals surface area contributed by atoms with E-state index in [1.54, 1.807) is 0 Å². The molecule has 2 aliphatic rings. The predicted molar refractivity (Wildman–Crippen MR) is 101 cm³/mol. The van der Waals surface area contributed by atoms with Crippen molar-refractivity contribution < 1.29 is 4.79 Å². The zero-order valence-electron chi connectivity index (χ0n) is 15.1. The van der Waals surface area contributed by atoms with E-state index in [9.17, 15) is 4.79 Å². The lowest BCUT2D eigenvalue weighted by molar-refractivity contribution is -0.121. The minimum Gasteiger partial charge on any atom is -0.348 e. The smallest absolute Gasteiger partial charge is 0.233 e. The van der Waals surface area contributed by atoms with Gasteiger partial charge in [0.05, 0.1) is 17.3 Å². The highest BCUT2D eigenvalue weighted by Gasteiger charge is 2.27. The Balaban J connectivity index is 1.41. The van der Waals surface area contributed by atoms with E-state index in [1.165, 1.54) is 35.7 Å². The van der Waals surface area contributed by atoms with Crippen molar-refractivity contribution in [1.82, 2.24) is 25.5 Å². The van der Waals surface area contributed by atoms with E-state index in [4.69, 9.17) is 0 Å². The third-order valence-corrected chi connectivity index (χ3v) is 6.52. The molecule has 0 spiro atoms. The Hall–Kier alpha value is -1.89. The number of aryl methyl sites for hydroxylation is 1. The van der Waals surface area contributed by atoms with Gasteiger partial charge in [-0.2, -0.15) is 0 Å². The molecule has 138 valence electrons. The van der Waals surface area contributed by atoms with Crippen molar-refractivity contribution in [3.63, 3.8) is 0 Å². The van der Waals surface area contributed by atoms with E-state index < -0.39 is 0 Å². The molecule has 1 aromatic heterocycles. The fourth-order valence-corrected chi connectivity index (χ4v) is 4.91. The number of fused-ring (bicyclic) bond motifs is 1. The van der Waals surface area contributed by atoms with Crippen LogP contribution in [0.1, 0.15) is 68.7 Å². The molecule has 2 aromatic rings. The second-order valence-electron chi connectivity index (χ2n) is 7.26. The van der Waals surface area contributed by atoms with E-state index in [0.717, 1.165) is 37.3 Å². The summed E-state index contributed by atoms with van der Waals surface area (Å²) < 4.78 is 1.91. The van der Waals surface area contributed by atoms with Crippen LogP contribution in [0.15, 0.2) is 29.4 Å². The first-order chi connectivity index (χ1) is 12.7. The molecule has 0 unspecified atom stereocenters. The number of tetrazole rings is 1. The predicted octanol–water partition coefficient (Wildman–Crippen LogP) is 3.46. The maximum Gasteiger partial charge on any atom is 0.233 e. The first kappa shape index (κ1) is 17.5. The van der Waals surface area contributed by atoms with Crippen molar-refractivity contribution in [2.75, 3.05) is 0 Å². The van der Waals surface area contributed by atoms with Gasteiger partial charge in [0.15, 0.2) is 0 Å².